The number of benzene rings is 1. The van der Waals surface area contributed by atoms with Crippen LogP contribution in [-0.4, -0.2) is 18.5 Å². The predicted molar refractivity (Wildman–Crippen MR) is 60.2 cm³/mol. The molecular formula is C12H13F6NO. The summed E-state index contributed by atoms with van der Waals surface area (Å²) in [6, 6.07) is 4.43. The highest BCUT2D eigenvalue weighted by Gasteiger charge is 2.59. The second-order valence-corrected chi connectivity index (χ2v) is 4.16. The van der Waals surface area contributed by atoms with Crippen molar-refractivity contribution in [1.82, 2.24) is 0 Å². The fourth-order valence-corrected chi connectivity index (χ4v) is 1.48. The summed E-state index contributed by atoms with van der Waals surface area (Å²) in [5.41, 5.74) is 6.29. The normalized spacial score (nSPS) is 14.4. The Bertz CT molecular complexity index is 411. The van der Waals surface area contributed by atoms with Gasteiger partial charge in [0, 0.05) is 6.04 Å². The molecule has 2 nitrogen and oxygen atoms in total. The van der Waals surface area contributed by atoms with E-state index in [1.165, 1.54) is 12.1 Å². The minimum absolute atomic E-state index is 0.329. The lowest BCUT2D eigenvalue weighted by Gasteiger charge is -2.24. The molecule has 0 aliphatic heterocycles. The van der Waals surface area contributed by atoms with Gasteiger partial charge in [-0.2, -0.15) is 26.3 Å². The van der Waals surface area contributed by atoms with Gasteiger partial charge in [-0.05, 0) is 24.1 Å². The summed E-state index contributed by atoms with van der Waals surface area (Å²) < 4.78 is 77.8. The van der Waals surface area contributed by atoms with Gasteiger partial charge in [0.15, 0.2) is 0 Å². The van der Waals surface area contributed by atoms with Crippen LogP contribution >= 0.6 is 0 Å². The number of halogens is 6. The van der Waals surface area contributed by atoms with Gasteiger partial charge in [0.1, 0.15) is 5.75 Å². The molecule has 20 heavy (non-hydrogen) atoms. The predicted octanol–water partition coefficient (Wildman–Crippen LogP) is 3.97. The van der Waals surface area contributed by atoms with Crippen molar-refractivity contribution >= 4 is 0 Å². The molecule has 1 unspecified atom stereocenters. The third kappa shape index (κ3) is 4.29. The standard InChI is InChI=1S/C12H13F6NO/c1-2-9(19)7-3-5-8(6-4-7)20-10(11(13,14)15)12(16,17)18/h3-6,9-10H,2,19H2,1H3. The smallest absolute Gasteiger partial charge is 0.434 e. The quantitative estimate of drug-likeness (QED) is 0.854. The summed E-state index contributed by atoms with van der Waals surface area (Å²) in [5.74, 6) is -0.517. The van der Waals surface area contributed by atoms with Gasteiger partial charge in [-0.1, -0.05) is 19.1 Å². The molecule has 0 amide bonds. The average molecular weight is 301 g/mol. The Hall–Kier alpha value is -1.44. The maximum absolute atomic E-state index is 12.3. The average Bonchev–Trinajstić information content (AvgIpc) is 2.33. The van der Waals surface area contributed by atoms with Gasteiger partial charge in [0.2, 0.25) is 0 Å². The zero-order valence-corrected chi connectivity index (χ0v) is 10.4. The van der Waals surface area contributed by atoms with Gasteiger partial charge < -0.3 is 10.5 Å². The maximum Gasteiger partial charge on any atom is 0.434 e. The SMILES string of the molecule is CCC(N)c1ccc(OC(C(F)(F)F)C(F)(F)F)cc1. The van der Waals surface area contributed by atoms with Crippen LogP contribution < -0.4 is 10.5 Å². The second kappa shape index (κ2) is 5.90. The first-order chi connectivity index (χ1) is 9.05. The summed E-state index contributed by atoms with van der Waals surface area (Å²) >= 11 is 0. The molecule has 0 aromatic heterocycles. The molecule has 1 rings (SSSR count). The lowest BCUT2D eigenvalue weighted by atomic mass is 10.1. The molecule has 1 atom stereocenters. The molecule has 114 valence electrons. The molecule has 0 radical (unpaired) electrons. The van der Waals surface area contributed by atoms with Crippen molar-refractivity contribution in [3.05, 3.63) is 29.8 Å². The molecule has 1 aromatic carbocycles. The fourth-order valence-electron chi connectivity index (χ4n) is 1.48. The van der Waals surface area contributed by atoms with Gasteiger partial charge >= 0.3 is 12.4 Å². The number of rotatable bonds is 4. The maximum atomic E-state index is 12.3. The van der Waals surface area contributed by atoms with Crippen LogP contribution in [-0.2, 0) is 0 Å². The van der Waals surface area contributed by atoms with Crippen molar-refractivity contribution in [1.29, 1.82) is 0 Å². The van der Waals surface area contributed by atoms with E-state index in [4.69, 9.17) is 5.73 Å². The summed E-state index contributed by atoms with van der Waals surface area (Å²) in [5, 5.41) is 0. The van der Waals surface area contributed by atoms with E-state index >= 15 is 0 Å². The summed E-state index contributed by atoms with van der Waals surface area (Å²) in [6.07, 6.45) is -14.3. The summed E-state index contributed by atoms with van der Waals surface area (Å²) in [4.78, 5) is 0. The third-order valence-electron chi connectivity index (χ3n) is 2.60. The molecule has 0 bridgehead atoms. The van der Waals surface area contributed by atoms with Gasteiger partial charge in [-0.15, -0.1) is 0 Å². The van der Waals surface area contributed by atoms with E-state index in [1.54, 1.807) is 6.92 Å². The monoisotopic (exact) mass is 301 g/mol. The zero-order valence-electron chi connectivity index (χ0n) is 10.4. The summed E-state index contributed by atoms with van der Waals surface area (Å²) in [7, 11) is 0. The van der Waals surface area contributed by atoms with Crippen molar-refractivity contribution in [3.8, 4) is 5.75 Å². The van der Waals surface area contributed by atoms with E-state index in [0.29, 0.717) is 12.0 Å². The molecular weight excluding hydrogens is 288 g/mol. The van der Waals surface area contributed by atoms with Crippen molar-refractivity contribution in [2.75, 3.05) is 0 Å². The van der Waals surface area contributed by atoms with E-state index in [-0.39, 0.29) is 6.04 Å². The summed E-state index contributed by atoms with van der Waals surface area (Å²) in [6.45, 7) is 1.80. The third-order valence-corrected chi connectivity index (χ3v) is 2.60. The lowest BCUT2D eigenvalue weighted by molar-refractivity contribution is -0.299. The lowest BCUT2D eigenvalue weighted by Crippen LogP contribution is -2.46. The van der Waals surface area contributed by atoms with Crippen molar-refractivity contribution in [3.63, 3.8) is 0 Å². The first-order valence-electron chi connectivity index (χ1n) is 5.71. The first kappa shape index (κ1) is 16.6. The number of hydrogen-bond donors (Lipinski definition) is 1. The van der Waals surface area contributed by atoms with Crippen LogP contribution in [0.15, 0.2) is 24.3 Å². The number of ether oxygens (including phenoxy) is 1. The Kier molecular flexibility index (Phi) is 4.90. The van der Waals surface area contributed by atoms with Gasteiger partial charge in [0.25, 0.3) is 6.10 Å². The van der Waals surface area contributed by atoms with Crippen LogP contribution in [0.3, 0.4) is 0 Å². The molecule has 0 aliphatic rings. The Morgan fingerprint density at radius 1 is 1.00 bits per heavy atom. The second-order valence-electron chi connectivity index (χ2n) is 4.16. The molecule has 2 N–H and O–H groups in total. The van der Waals surface area contributed by atoms with Crippen molar-refractivity contribution < 1.29 is 31.1 Å². The van der Waals surface area contributed by atoms with Gasteiger partial charge in [-0.25, -0.2) is 0 Å². The van der Waals surface area contributed by atoms with E-state index in [2.05, 4.69) is 4.74 Å². The minimum atomic E-state index is -5.53. The Labute approximate surface area is 111 Å². The van der Waals surface area contributed by atoms with E-state index < -0.39 is 24.2 Å². The van der Waals surface area contributed by atoms with E-state index in [1.807, 2.05) is 0 Å². The van der Waals surface area contributed by atoms with Crippen molar-refractivity contribution in [2.45, 2.75) is 37.8 Å². The molecule has 0 heterocycles. The van der Waals surface area contributed by atoms with Gasteiger partial charge in [-0.3, -0.25) is 0 Å². The topological polar surface area (TPSA) is 35.2 Å². The Morgan fingerprint density at radius 2 is 1.45 bits per heavy atom. The van der Waals surface area contributed by atoms with E-state index in [0.717, 1.165) is 12.1 Å². The van der Waals surface area contributed by atoms with Crippen LogP contribution in [0.4, 0.5) is 26.3 Å². The zero-order chi connectivity index (χ0) is 15.6. The molecule has 8 heteroatoms. The Balaban J connectivity index is 2.90. The molecule has 0 saturated carbocycles. The highest BCUT2D eigenvalue weighted by Crippen LogP contribution is 2.36. The largest absolute Gasteiger partial charge is 0.471 e. The van der Waals surface area contributed by atoms with Crippen LogP contribution in [0.25, 0.3) is 0 Å². The van der Waals surface area contributed by atoms with Crippen LogP contribution in [0.2, 0.25) is 0 Å². The highest BCUT2D eigenvalue weighted by molar-refractivity contribution is 5.29. The Morgan fingerprint density at radius 3 is 1.80 bits per heavy atom. The molecule has 1 aromatic rings. The molecule has 0 saturated heterocycles. The highest BCUT2D eigenvalue weighted by atomic mass is 19.4. The number of nitrogens with two attached hydrogens (primary N) is 1. The van der Waals surface area contributed by atoms with Gasteiger partial charge in [0.05, 0.1) is 0 Å². The van der Waals surface area contributed by atoms with Crippen LogP contribution in [0.5, 0.6) is 5.75 Å². The van der Waals surface area contributed by atoms with Crippen molar-refractivity contribution in [2.24, 2.45) is 5.73 Å². The number of hydrogen-bond acceptors (Lipinski definition) is 2. The first-order valence-corrected chi connectivity index (χ1v) is 5.71. The minimum Gasteiger partial charge on any atom is -0.471 e. The number of alkyl halides is 6. The van der Waals surface area contributed by atoms with Crippen LogP contribution in [0, 0.1) is 0 Å². The van der Waals surface area contributed by atoms with E-state index in [9.17, 15) is 26.3 Å². The molecule has 0 aliphatic carbocycles. The fraction of sp³-hybridized carbons (Fsp3) is 0.500. The molecule has 0 spiro atoms. The molecule has 0 fully saturated rings. The van der Waals surface area contributed by atoms with Crippen LogP contribution in [0.1, 0.15) is 24.9 Å².